The van der Waals surface area contributed by atoms with Gasteiger partial charge in [-0.2, -0.15) is 5.26 Å². The smallest absolute Gasteiger partial charge is 0.269 e. The summed E-state index contributed by atoms with van der Waals surface area (Å²) in [5.41, 5.74) is 12.6. The lowest BCUT2D eigenvalue weighted by Crippen LogP contribution is -2.74. The number of imidazole rings is 1. The van der Waals surface area contributed by atoms with Crippen molar-refractivity contribution in [1.82, 2.24) is 14.1 Å². The molecule has 6 nitrogen and oxygen atoms in total. The fourth-order valence-electron chi connectivity index (χ4n) is 12.7. The summed E-state index contributed by atoms with van der Waals surface area (Å²) in [7, 11) is -3.65. The van der Waals surface area contributed by atoms with Crippen LogP contribution in [0.3, 0.4) is 0 Å². The van der Waals surface area contributed by atoms with E-state index in [0.29, 0.717) is 39.2 Å². The largest absolute Gasteiger partial charge is 0.458 e. The van der Waals surface area contributed by atoms with Gasteiger partial charge in [0, 0.05) is 23.0 Å². The highest BCUT2D eigenvalue weighted by Gasteiger charge is 2.41. The Bertz CT molecular complexity index is 5090. The molecule has 11 aromatic carbocycles. The molecule has 0 fully saturated rings. The van der Waals surface area contributed by atoms with Crippen molar-refractivity contribution >= 4 is 61.7 Å². The predicted octanol–water partition coefficient (Wildman–Crippen LogP) is 15.5. The number of pyridine rings is 1. The fourth-order valence-corrected chi connectivity index (χ4v) is 17.2. The lowest BCUT2D eigenvalue weighted by atomic mass is 9.88. The van der Waals surface area contributed by atoms with Crippen molar-refractivity contribution < 1.29 is 14.8 Å². The number of rotatable bonds is 9. The number of ether oxygens (including phenoxy) is 1. The summed E-state index contributed by atoms with van der Waals surface area (Å²) in [6.07, 6.45) is 5.71. The van der Waals surface area contributed by atoms with Gasteiger partial charge in [-0.15, -0.1) is 0 Å². The zero-order chi connectivity index (χ0) is 60.0. The number of nitrogens with zero attached hydrogens (tertiary/aromatic N) is 5. The summed E-state index contributed by atoms with van der Waals surface area (Å²) in [6.45, 7) is 6.61. The third-order valence-corrected chi connectivity index (χ3v) is 21.2. The first-order valence-electron chi connectivity index (χ1n) is 30.2. The zero-order valence-corrected chi connectivity index (χ0v) is 47.4. The van der Waals surface area contributed by atoms with E-state index in [0.717, 1.165) is 87.6 Å². The van der Waals surface area contributed by atoms with Crippen LogP contribution in [-0.2, 0) is 5.41 Å². The molecule has 84 heavy (non-hydrogen) atoms. The summed E-state index contributed by atoms with van der Waals surface area (Å²) in [4.78, 5) is 4.91. The molecular formula is C77H55N5OSi. The SMILES string of the molecule is [2H]c1c([2H])c(-c2cccc3c2-[n+]2[c-]n(-c4cc(C#N)cc(Oc5ccc6c7ccccc7n(-c7cc(C(C)(C)C)ccn7)c6c5)c4)c4cccc(c42)-c2ccccc2-c2ccccc2-3)c([2H])c([Si](c2ccccc2)(c2ccccc2)c2ccccc2)c1[2H]. The van der Waals surface area contributed by atoms with Crippen molar-refractivity contribution in [1.29, 1.82) is 5.26 Å². The molecule has 398 valence electrons. The molecule has 7 heteroatoms. The predicted molar refractivity (Wildman–Crippen MR) is 345 cm³/mol. The van der Waals surface area contributed by atoms with E-state index >= 15 is 0 Å². The van der Waals surface area contributed by atoms with Gasteiger partial charge in [-0.1, -0.05) is 239 Å². The second-order valence-corrected chi connectivity index (χ2v) is 26.2. The van der Waals surface area contributed by atoms with Crippen molar-refractivity contribution in [2.75, 3.05) is 0 Å². The van der Waals surface area contributed by atoms with Crippen molar-refractivity contribution in [3.05, 3.63) is 297 Å². The molecule has 4 heterocycles. The van der Waals surface area contributed by atoms with Gasteiger partial charge in [-0.25, -0.2) is 4.98 Å². The number of hydrogen-bond donors (Lipinski definition) is 0. The molecule has 0 N–H and O–H groups in total. The van der Waals surface area contributed by atoms with Crippen LogP contribution >= 0.6 is 0 Å². The highest BCUT2D eigenvalue weighted by atomic mass is 28.3. The van der Waals surface area contributed by atoms with Crippen LogP contribution in [0.4, 0.5) is 0 Å². The number of hydrogen-bond acceptors (Lipinski definition) is 3. The maximum atomic E-state index is 10.9. The summed E-state index contributed by atoms with van der Waals surface area (Å²) in [5.74, 6) is 1.81. The quantitative estimate of drug-likeness (QED) is 0.0626. The van der Waals surface area contributed by atoms with E-state index in [4.69, 9.17) is 9.72 Å². The Morgan fingerprint density at radius 3 is 1.77 bits per heavy atom. The van der Waals surface area contributed by atoms with Crippen molar-refractivity contribution in [3.63, 3.8) is 0 Å². The molecule has 1 aliphatic heterocycles. The topological polar surface area (TPSA) is 59.6 Å². The average molecular weight is 1100 g/mol. The zero-order valence-electron chi connectivity index (χ0n) is 50.4. The molecule has 0 bridgehead atoms. The van der Waals surface area contributed by atoms with E-state index in [9.17, 15) is 10.7 Å². The Hall–Kier alpha value is -10.7. The summed E-state index contributed by atoms with van der Waals surface area (Å²) < 4.78 is 54.1. The van der Waals surface area contributed by atoms with Gasteiger partial charge >= 0.3 is 0 Å². The molecule has 0 aliphatic carbocycles. The van der Waals surface area contributed by atoms with Gasteiger partial charge in [0.15, 0.2) is 8.07 Å². The normalized spacial score (nSPS) is 12.6. The van der Waals surface area contributed by atoms with Crippen molar-refractivity contribution in [3.8, 4) is 79.3 Å². The van der Waals surface area contributed by atoms with Crippen LogP contribution in [0.2, 0.25) is 0 Å². The molecule has 15 rings (SSSR count). The number of benzene rings is 11. The molecule has 0 radical (unpaired) electrons. The van der Waals surface area contributed by atoms with Crippen LogP contribution < -0.4 is 30.1 Å². The van der Waals surface area contributed by atoms with Gasteiger partial charge in [0.05, 0.1) is 50.6 Å². The molecule has 0 saturated carbocycles. The minimum atomic E-state index is -3.65. The maximum Gasteiger partial charge on any atom is 0.269 e. The second kappa shape index (κ2) is 20.1. The van der Waals surface area contributed by atoms with Gasteiger partial charge in [0.1, 0.15) is 17.3 Å². The Kier molecular flexibility index (Phi) is 11.0. The third-order valence-electron chi connectivity index (χ3n) is 16.6. The first-order valence-corrected chi connectivity index (χ1v) is 30.2. The number of nitriles is 1. The second-order valence-electron chi connectivity index (χ2n) is 22.4. The molecule has 0 amide bonds. The van der Waals surface area contributed by atoms with E-state index in [1.165, 1.54) is 5.56 Å². The Morgan fingerprint density at radius 1 is 0.524 bits per heavy atom. The van der Waals surface area contributed by atoms with Gasteiger partial charge < -0.3 is 4.74 Å². The van der Waals surface area contributed by atoms with Gasteiger partial charge in [-0.3, -0.25) is 13.7 Å². The standard InChI is InChI=1S/C77H55N5OSi/c1-77(2,3)54-42-43-79-74(47-54)82-71-38-18-17-34-67(71)68-41-40-56(49-73(68)82)83-57-45-52(50-78)44-55(48-57)80-51-81-75-62(35-20-36-69(75)65-32-15-13-30-63(65)64-31-14-16-33-66(64)70-37-21-39-72(80)76(70)81)53-22-19-29-61(46-53)84(58-23-7-4-8-24-58,59-25-9-5-10-26-59)60-27-11-6-12-28-60/h4-49H,1-3H3/i19D,22D,29D,46D. The van der Waals surface area contributed by atoms with Crippen LogP contribution in [-0.4, -0.2) is 22.2 Å². The van der Waals surface area contributed by atoms with E-state index in [1.807, 2.05) is 120 Å². The Balaban J connectivity index is 0.980. The van der Waals surface area contributed by atoms with Gasteiger partial charge in [0.25, 0.3) is 6.33 Å². The lowest BCUT2D eigenvalue weighted by molar-refractivity contribution is -0.570. The number of fused-ring (bicyclic) bond motifs is 10. The van der Waals surface area contributed by atoms with E-state index < -0.39 is 8.07 Å². The molecule has 14 aromatic rings. The highest BCUT2D eigenvalue weighted by Crippen LogP contribution is 2.45. The first kappa shape index (κ1) is 46.0. The molecular weight excluding hydrogens is 1040 g/mol. The summed E-state index contributed by atoms with van der Waals surface area (Å²) in [5, 5.41) is 16.3. The monoisotopic (exact) mass is 1100 g/mol. The molecule has 0 unspecified atom stereocenters. The van der Waals surface area contributed by atoms with E-state index in [2.05, 4.69) is 176 Å². The molecule has 3 aromatic heterocycles. The minimum Gasteiger partial charge on any atom is -0.458 e. The van der Waals surface area contributed by atoms with E-state index in [1.54, 1.807) is 6.07 Å². The van der Waals surface area contributed by atoms with Crippen molar-refractivity contribution in [2.24, 2.45) is 0 Å². The first-order chi connectivity index (χ1) is 42.9. The molecule has 0 saturated heterocycles. The molecule has 0 spiro atoms. The van der Waals surface area contributed by atoms with Crippen LogP contribution in [0.5, 0.6) is 11.5 Å². The van der Waals surface area contributed by atoms with Crippen LogP contribution in [0.15, 0.2) is 279 Å². The number of para-hydroxylation sites is 3. The van der Waals surface area contributed by atoms with Gasteiger partial charge in [0.2, 0.25) is 0 Å². The summed E-state index contributed by atoms with van der Waals surface area (Å²) >= 11 is 0. The third kappa shape index (κ3) is 8.21. The Morgan fingerprint density at radius 2 is 1.10 bits per heavy atom. The van der Waals surface area contributed by atoms with Crippen LogP contribution in [0.25, 0.3) is 94.5 Å². The van der Waals surface area contributed by atoms with E-state index in [-0.39, 0.29) is 35.1 Å². The highest BCUT2D eigenvalue weighted by molar-refractivity contribution is 7.19. The minimum absolute atomic E-state index is 0.0142. The van der Waals surface area contributed by atoms with Crippen molar-refractivity contribution in [2.45, 2.75) is 26.2 Å². The van der Waals surface area contributed by atoms with Gasteiger partial charge in [-0.05, 0) is 125 Å². The summed E-state index contributed by atoms with van der Waals surface area (Å²) in [6, 6.07) is 85.4. The maximum absolute atomic E-state index is 10.9. The fraction of sp³-hybridized carbons (Fsp3) is 0.0519. The lowest BCUT2D eigenvalue weighted by Gasteiger charge is -2.34. The number of aromatic nitrogens is 4. The van der Waals surface area contributed by atoms with Crippen LogP contribution in [0, 0.1) is 17.7 Å². The average Bonchev–Trinajstić information content (AvgIpc) is 1.07. The molecule has 0 atom stereocenters. The van der Waals surface area contributed by atoms with Crippen LogP contribution in [0.1, 0.15) is 37.4 Å². The molecule has 1 aliphatic rings. The Labute approximate surface area is 495 Å².